The van der Waals surface area contributed by atoms with Gasteiger partial charge in [-0.05, 0) is 30.7 Å². The molecule has 28 heavy (non-hydrogen) atoms. The van der Waals surface area contributed by atoms with Crippen LogP contribution in [0.25, 0.3) is 0 Å². The Balaban J connectivity index is 2.53. The van der Waals surface area contributed by atoms with Crippen molar-refractivity contribution in [1.82, 2.24) is 4.90 Å². The van der Waals surface area contributed by atoms with Crippen molar-refractivity contribution in [2.24, 2.45) is 0 Å². The van der Waals surface area contributed by atoms with Gasteiger partial charge >= 0.3 is 0 Å². The fraction of sp³-hybridized carbons (Fsp3) is 0.650. The third kappa shape index (κ3) is 7.73. The van der Waals surface area contributed by atoms with E-state index in [2.05, 4.69) is 6.92 Å². The van der Waals surface area contributed by atoms with E-state index in [-0.39, 0.29) is 12.5 Å². The second kappa shape index (κ2) is 12.7. The molecule has 1 aromatic rings. The minimum Gasteiger partial charge on any atom is -0.494 e. The standard InChI is InChI=1S/C20H33NO7/c1-3-4-5-6-11-28-15-9-7-14(8-10-15)20(27)21(2)12-16(23)18(25)19(26)17(24)13-22/h7-10,16-19,22-26H,3-6,11-13H2,1-2H3/t16-,17+,18+,19+/m0/s1. The molecule has 0 heterocycles. The first-order valence-corrected chi connectivity index (χ1v) is 9.63. The smallest absolute Gasteiger partial charge is 0.253 e. The minimum atomic E-state index is -1.72. The SMILES string of the molecule is CCCCCCOc1ccc(C(=O)N(C)C[C@H](O)[C@@H](O)[C@H](O)[C@H](O)CO)cc1. The van der Waals surface area contributed by atoms with E-state index in [0.29, 0.717) is 17.9 Å². The van der Waals surface area contributed by atoms with Gasteiger partial charge in [0.05, 0.1) is 13.2 Å². The van der Waals surface area contributed by atoms with Gasteiger partial charge in [0.1, 0.15) is 30.2 Å². The first-order valence-electron chi connectivity index (χ1n) is 9.63. The van der Waals surface area contributed by atoms with Gasteiger partial charge in [0.25, 0.3) is 5.91 Å². The first kappa shape index (κ1) is 24.3. The molecule has 8 heteroatoms. The Labute approximate surface area is 166 Å². The largest absolute Gasteiger partial charge is 0.494 e. The Bertz CT molecular complexity index is 566. The molecule has 0 saturated heterocycles. The van der Waals surface area contributed by atoms with Crippen LogP contribution in [0.15, 0.2) is 24.3 Å². The van der Waals surface area contributed by atoms with Crippen LogP contribution in [0, 0.1) is 0 Å². The molecule has 0 bridgehead atoms. The van der Waals surface area contributed by atoms with Crippen molar-refractivity contribution in [1.29, 1.82) is 0 Å². The maximum atomic E-state index is 12.4. The van der Waals surface area contributed by atoms with Crippen molar-refractivity contribution in [2.75, 3.05) is 26.8 Å². The normalized spacial score (nSPS) is 15.5. The Morgan fingerprint density at radius 3 is 2.18 bits per heavy atom. The molecule has 4 atom stereocenters. The van der Waals surface area contributed by atoms with Crippen LogP contribution >= 0.6 is 0 Å². The van der Waals surface area contributed by atoms with Gasteiger partial charge in [-0.25, -0.2) is 0 Å². The van der Waals surface area contributed by atoms with Crippen molar-refractivity contribution in [3.05, 3.63) is 29.8 Å². The summed E-state index contributed by atoms with van der Waals surface area (Å²) in [5.74, 6) is 0.296. The molecule has 0 aromatic heterocycles. The van der Waals surface area contributed by atoms with Crippen molar-refractivity contribution >= 4 is 5.91 Å². The summed E-state index contributed by atoms with van der Waals surface area (Å²) in [6, 6.07) is 6.64. The second-order valence-corrected chi connectivity index (χ2v) is 6.92. The number of amides is 1. The van der Waals surface area contributed by atoms with Gasteiger partial charge in [0, 0.05) is 19.2 Å². The molecule has 0 aliphatic carbocycles. The van der Waals surface area contributed by atoms with E-state index in [0.717, 1.165) is 19.3 Å². The molecule has 0 aliphatic rings. The molecule has 8 nitrogen and oxygen atoms in total. The number of rotatable bonds is 13. The number of ether oxygens (including phenoxy) is 1. The highest BCUT2D eigenvalue weighted by molar-refractivity contribution is 5.94. The topological polar surface area (TPSA) is 131 Å². The van der Waals surface area contributed by atoms with Crippen LogP contribution in [-0.2, 0) is 0 Å². The van der Waals surface area contributed by atoms with Crippen LogP contribution in [0.2, 0.25) is 0 Å². The van der Waals surface area contributed by atoms with E-state index >= 15 is 0 Å². The predicted octanol–water partition coefficient (Wildman–Crippen LogP) is 0.154. The minimum absolute atomic E-state index is 0.259. The molecule has 0 fully saturated rings. The number of hydrogen-bond donors (Lipinski definition) is 5. The lowest BCUT2D eigenvalue weighted by Gasteiger charge is -2.28. The van der Waals surface area contributed by atoms with Gasteiger partial charge in [-0.3, -0.25) is 4.79 Å². The van der Waals surface area contributed by atoms with Crippen LogP contribution in [0.3, 0.4) is 0 Å². The van der Waals surface area contributed by atoms with E-state index in [1.54, 1.807) is 24.3 Å². The molecule has 0 unspecified atom stereocenters. The number of aliphatic hydroxyl groups is 5. The maximum Gasteiger partial charge on any atom is 0.253 e. The van der Waals surface area contributed by atoms with E-state index in [1.807, 2.05) is 0 Å². The summed E-state index contributed by atoms with van der Waals surface area (Å²) in [6.07, 6.45) is -2.06. The lowest BCUT2D eigenvalue weighted by Crippen LogP contribution is -2.49. The lowest BCUT2D eigenvalue weighted by molar-refractivity contribution is -0.117. The zero-order valence-electron chi connectivity index (χ0n) is 16.6. The highest BCUT2D eigenvalue weighted by Crippen LogP contribution is 2.15. The van der Waals surface area contributed by atoms with Crippen LogP contribution in [-0.4, -0.2) is 87.6 Å². The number of nitrogens with zero attached hydrogens (tertiary/aromatic N) is 1. The summed E-state index contributed by atoms with van der Waals surface area (Å²) in [6.45, 7) is 1.75. The van der Waals surface area contributed by atoms with Crippen LogP contribution in [0.4, 0.5) is 0 Å². The van der Waals surface area contributed by atoms with E-state index in [4.69, 9.17) is 9.84 Å². The Kier molecular flexibility index (Phi) is 11.0. The third-order valence-electron chi connectivity index (χ3n) is 4.50. The second-order valence-electron chi connectivity index (χ2n) is 6.92. The zero-order valence-corrected chi connectivity index (χ0v) is 16.6. The summed E-state index contributed by atoms with van der Waals surface area (Å²) >= 11 is 0. The first-order chi connectivity index (χ1) is 13.3. The van der Waals surface area contributed by atoms with Gasteiger partial charge in [0.15, 0.2) is 0 Å². The molecule has 1 amide bonds. The lowest BCUT2D eigenvalue weighted by atomic mass is 10.0. The quantitative estimate of drug-likeness (QED) is 0.299. The highest BCUT2D eigenvalue weighted by atomic mass is 16.5. The molecular weight excluding hydrogens is 366 g/mol. The summed E-state index contributed by atoms with van der Waals surface area (Å²) in [7, 11) is 1.45. The van der Waals surface area contributed by atoms with Crippen molar-refractivity contribution < 1.29 is 35.1 Å². The molecule has 1 aromatic carbocycles. The van der Waals surface area contributed by atoms with Gasteiger partial charge in [0.2, 0.25) is 0 Å². The molecule has 160 valence electrons. The average molecular weight is 399 g/mol. The zero-order chi connectivity index (χ0) is 21.1. The van der Waals surface area contributed by atoms with Crippen LogP contribution in [0.1, 0.15) is 43.0 Å². The fourth-order valence-corrected chi connectivity index (χ4v) is 2.67. The summed E-state index contributed by atoms with van der Waals surface area (Å²) in [4.78, 5) is 13.6. The van der Waals surface area contributed by atoms with Gasteiger partial charge in [-0.15, -0.1) is 0 Å². The van der Waals surface area contributed by atoms with E-state index < -0.39 is 31.0 Å². The van der Waals surface area contributed by atoms with Crippen molar-refractivity contribution in [3.8, 4) is 5.75 Å². The number of carbonyl (C=O) groups is 1. The molecule has 0 spiro atoms. The number of likely N-dealkylation sites (N-methyl/N-ethyl adjacent to an activating group) is 1. The van der Waals surface area contributed by atoms with Crippen LogP contribution < -0.4 is 4.74 Å². The number of hydrogen-bond acceptors (Lipinski definition) is 7. The van der Waals surface area contributed by atoms with Crippen molar-refractivity contribution in [2.45, 2.75) is 57.0 Å². The monoisotopic (exact) mass is 399 g/mol. The van der Waals surface area contributed by atoms with Gasteiger partial charge in [-0.2, -0.15) is 0 Å². The van der Waals surface area contributed by atoms with E-state index in [9.17, 15) is 25.2 Å². The van der Waals surface area contributed by atoms with E-state index in [1.165, 1.54) is 18.4 Å². The summed E-state index contributed by atoms with van der Waals surface area (Å²) < 4.78 is 5.63. The number of aliphatic hydroxyl groups excluding tert-OH is 5. The Morgan fingerprint density at radius 1 is 1.00 bits per heavy atom. The highest BCUT2D eigenvalue weighted by Gasteiger charge is 2.31. The predicted molar refractivity (Wildman–Crippen MR) is 104 cm³/mol. The molecule has 5 N–H and O–H groups in total. The molecule has 0 radical (unpaired) electrons. The molecule has 1 rings (SSSR count). The number of unbranched alkanes of at least 4 members (excludes halogenated alkanes) is 3. The fourth-order valence-electron chi connectivity index (χ4n) is 2.67. The Hall–Kier alpha value is -1.71. The number of benzene rings is 1. The summed E-state index contributed by atoms with van der Waals surface area (Å²) in [5.41, 5.74) is 0.387. The maximum absolute atomic E-state index is 12.4. The average Bonchev–Trinajstić information content (AvgIpc) is 2.71. The van der Waals surface area contributed by atoms with Crippen molar-refractivity contribution in [3.63, 3.8) is 0 Å². The van der Waals surface area contributed by atoms with Gasteiger partial charge < -0.3 is 35.2 Å². The summed E-state index contributed by atoms with van der Waals surface area (Å²) in [5, 5.41) is 47.6. The van der Waals surface area contributed by atoms with Gasteiger partial charge in [-0.1, -0.05) is 26.2 Å². The number of carbonyl (C=O) groups excluding carboxylic acids is 1. The van der Waals surface area contributed by atoms with Crippen LogP contribution in [0.5, 0.6) is 5.75 Å². The molecule has 0 saturated carbocycles. The third-order valence-corrected chi connectivity index (χ3v) is 4.50. The molecule has 0 aliphatic heterocycles. The Morgan fingerprint density at radius 2 is 1.61 bits per heavy atom. The molecular formula is C20H33NO7.